The summed E-state index contributed by atoms with van der Waals surface area (Å²) in [5.41, 5.74) is 1.22. The van der Waals surface area contributed by atoms with Crippen molar-refractivity contribution < 1.29 is 4.74 Å². The lowest BCUT2D eigenvalue weighted by Gasteiger charge is -2.09. The molecule has 2 N–H and O–H groups in total. The van der Waals surface area contributed by atoms with Crippen molar-refractivity contribution in [3.05, 3.63) is 41.3 Å². The first kappa shape index (κ1) is 19.1. The summed E-state index contributed by atoms with van der Waals surface area (Å²) in [5.74, 6) is 1.81. The summed E-state index contributed by atoms with van der Waals surface area (Å²) in [4.78, 5) is 7.21. The number of nitrogens with zero attached hydrogens (tertiary/aromatic N) is 1. The van der Waals surface area contributed by atoms with Gasteiger partial charge in [-0.2, -0.15) is 0 Å². The number of hydrogen-bond donors (Lipinski definition) is 2. The topological polar surface area (TPSA) is 45.7 Å². The lowest BCUT2D eigenvalue weighted by molar-refractivity contribution is 0.415. The molecule has 4 nitrogen and oxygen atoms in total. The molecule has 2 aromatic rings. The van der Waals surface area contributed by atoms with Crippen molar-refractivity contribution >= 4 is 41.3 Å². The monoisotopic (exact) mass is 457 g/mol. The van der Waals surface area contributed by atoms with Crippen LogP contribution in [0.25, 0.3) is 10.4 Å². The number of hydrogen-bond acceptors (Lipinski definition) is 3. The molecule has 130 valence electrons. The first-order valence-corrected chi connectivity index (χ1v) is 8.88. The highest BCUT2D eigenvalue weighted by Crippen LogP contribution is 2.29. The average molecular weight is 457 g/mol. The van der Waals surface area contributed by atoms with Gasteiger partial charge in [-0.3, -0.25) is 0 Å². The van der Waals surface area contributed by atoms with Gasteiger partial charge in [0.15, 0.2) is 5.96 Å². The first-order valence-electron chi connectivity index (χ1n) is 8.06. The Balaban J connectivity index is 0.00000208. The van der Waals surface area contributed by atoms with Crippen LogP contribution in [-0.2, 0) is 6.54 Å². The molecule has 0 saturated heterocycles. The van der Waals surface area contributed by atoms with Crippen LogP contribution >= 0.6 is 35.3 Å². The van der Waals surface area contributed by atoms with E-state index >= 15 is 0 Å². The Labute approximate surface area is 164 Å². The van der Waals surface area contributed by atoms with Crippen molar-refractivity contribution in [1.29, 1.82) is 0 Å². The minimum Gasteiger partial charge on any atom is -0.497 e. The number of benzene rings is 1. The van der Waals surface area contributed by atoms with Crippen LogP contribution in [0, 0.1) is 0 Å². The average Bonchev–Trinajstić information content (AvgIpc) is 3.27. The zero-order valence-electron chi connectivity index (χ0n) is 14.0. The maximum Gasteiger partial charge on any atom is 0.191 e. The smallest absolute Gasteiger partial charge is 0.191 e. The molecule has 1 aliphatic carbocycles. The molecular weight excluding hydrogens is 433 g/mol. The van der Waals surface area contributed by atoms with E-state index in [9.17, 15) is 0 Å². The van der Waals surface area contributed by atoms with E-state index < -0.39 is 0 Å². The van der Waals surface area contributed by atoms with Gasteiger partial charge in [-0.05, 0) is 61.7 Å². The zero-order valence-corrected chi connectivity index (χ0v) is 17.2. The third kappa shape index (κ3) is 5.37. The van der Waals surface area contributed by atoms with E-state index in [1.807, 2.05) is 12.1 Å². The standard InChI is InChI=1S/C18H23N3OS.HI/c1-3-19-18(21-14-6-7-14)20-12-16-10-11-17(23-16)13-4-8-15(22-2)9-5-13;/h4-5,8-11,14H,3,6-7,12H2,1-2H3,(H2,19,20,21);1H. The van der Waals surface area contributed by atoms with Crippen LogP contribution in [0.5, 0.6) is 5.75 Å². The highest BCUT2D eigenvalue weighted by atomic mass is 127. The van der Waals surface area contributed by atoms with Gasteiger partial charge >= 0.3 is 0 Å². The molecule has 1 fully saturated rings. The van der Waals surface area contributed by atoms with E-state index in [1.54, 1.807) is 18.4 Å². The van der Waals surface area contributed by atoms with Crippen LogP contribution in [0.4, 0.5) is 0 Å². The maximum atomic E-state index is 5.21. The number of ether oxygens (including phenoxy) is 1. The van der Waals surface area contributed by atoms with Crippen LogP contribution in [-0.4, -0.2) is 25.7 Å². The summed E-state index contributed by atoms with van der Waals surface area (Å²) >= 11 is 1.79. The van der Waals surface area contributed by atoms with Gasteiger partial charge in [-0.1, -0.05) is 0 Å². The molecule has 0 aliphatic heterocycles. The molecule has 1 heterocycles. The summed E-state index contributed by atoms with van der Waals surface area (Å²) in [5, 5.41) is 6.75. The highest BCUT2D eigenvalue weighted by Gasteiger charge is 2.22. The van der Waals surface area contributed by atoms with Crippen molar-refractivity contribution in [3.8, 4) is 16.2 Å². The van der Waals surface area contributed by atoms with Crippen molar-refractivity contribution in [1.82, 2.24) is 10.6 Å². The molecule has 6 heteroatoms. The number of aliphatic imine (C=N–C) groups is 1. The number of halogens is 1. The van der Waals surface area contributed by atoms with E-state index in [1.165, 1.54) is 28.2 Å². The predicted molar refractivity (Wildman–Crippen MR) is 113 cm³/mol. The van der Waals surface area contributed by atoms with Gasteiger partial charge < -0.3 is 15.4 Å². The number of rotatable bonds is 6. The van der Waals surface area contributed by atoms with E-state index in [0.29, 0.717) is 12.6 Å². The van der Waals surface area contributed by atoms with Crippen LogP contribution in [0.2, 0.25) is 0 Å². The molecule has 1 aromatic carbocycles. The van der Waals surface area contributed by atoms with E-state index in [-0.39, 0.29) is 24.0 Å². The number of nitrogens with one attached hydrogen (secondary N) is 2. The highest BCUT2D eigenvalue weighted by molar-refractivity contribution is 14.0. The predicted octanol–water partition coefficient (Wildman–Crippen LogP) is 4.26. The molecule has 1 aliphatic rings. The second-order valence-corrected chi connectivity index (χ2v) is 6.78. The van der Waals surface area contributed by atoms with Crippen molar-refractivity contribution in [2.75, 3.05) is 13.7 Å². The minimum absolute atomic E-state index is 0. The molecule has 3 rings (SSSR count). The Morgan fingerprint density at radius 2 is 1.96 bits per heavy atom. The summed E-state index contributed by atoms with van der Waals surface area (Å²) in [6.45, 7) is 3.69. The van der Waals surface area contributed by atoms with E-state index in [2.05, 4.69) is 46.8 Å². The minimum atomic E-state index is 0. The molecule has 0 amide bonds. The molecule has 24 heavy (non-hydrogen) atoms. The lowest BCUT2D eigenvalue weighted by atomic mass is 10.2. The SMILES string of the molecule is CCNC(=NCc1ccc(-c2ccc(OC)cc2)s1)NC1CC1.I. The van der Waals surface area contributed by atoms with Gasteiger partial charge in [0.25, 0.3) is 0 Å². The number of guanidine groups is 1. The Bertz CT molecular complexity index is 665. The Morgan fingerprint density at radius 3 is 2.58 bits per heavy atom. The van der Waals surface area contributed by atoms with Crippen LogP contribution in [0.3, 0.4) is 0 Å². The fraction of sp³-hybridized carbons (Fsp3) is 0.389. The van der Waals surface area contributed by atoms with Crippen LogP contribution in [0.15, 0.2) is 41.4 Å². The molecule has 0 radical (unpaired) electrons. The molecule has 1 aromatic heterocycles. The molecule has 0 bridgehead atoms. The van der Waals surface area contributed by atoms with Gasteiger partial charge in [-0.15, -0.1) is 35.3 Å². The van der Waals surface area contributed by atoms with Gasteiger partial charge in [0.1, 0.15) is 5.75 Å². The van der Waals surface area contributed by atoms with Gasteiger partial charge in [0, 0.05) is 22.3 Å². The largest absolute Gasteiger partial charge is 0.497 e. The quantitative estimate of drug-likeness (QED) is 0.387. The molecule has 1 saturated carbocycles. The van der Waals surface area contributed by atoms with Crippen molar-refractivity contribution in [2.24, 2.45) is 4.99 Å². The van der Waals surface area contributed by atoms with E-state index in [0.717, 1.165) is 18.3 Å². The Kier molecular flexibility index (Phi) is 7.36. The van der Waals surface area contributed by atoms with Crippen LogP contribution < -0.4 is 15.4 Å². The molecular formula is C18H24IN3OS. The fourth-order valence-corrected chi connectivity index (χ4v) is 3.21. The van der Waals surface area contributed by atoms with E-state index in [4.69, 9.17) is 4.74 Å². The Hall–Kier alpha value is -1.28. The fourth-order valence-electron chi connectivity index (χ4n) is 2.27. The van der Waals surface area contributed by atoms with Gasteiger partial charge in [-0.25, -0.2) is 4.99 Å². The van der Waals surface area contributed by atoms with Crippen LogP contribution in [0.1, 0.15) is 24.6 Å². The molecule has 0 spiro atoms. The second-order valence-electron chi connectivity index (χ2n) is 5.61. The Morgan fingerprint density at radius 1 is 1.21 bits per heavy atom. The van der Waals surface area contributed by atoms with Gasteiger partial charge in [0.2, 0.25) is 0 Å². The molecule has 0 atom stereocenters. The van der Waals surface area contributed by atoms with Crippen molar-refractivity contribution in [3.63, 3.8) is 0 Å². The summed E-state index contributed by atoms with van der Waals surface area (Å²) in [6, 6.07) is 13.1. The molecule has 0 unspecified atom stereocenters. The number of methoxy groups -OCH3 is 1. The summed E-state index contributed by atoms with van der Waals surface area (Å²) in [6.07, 6.45) is 2.51. The normalized spacial score (nSPS) is 14.0. The summed E-state index contributed by atoms with van der Waals surface area (Å²) in [7, 11) is 1.69. The summed E-state index contributed by atoms with van der Waals surface area (Å²) < 4.78 is 5.21. The third-order valence-corrected chi connectivity index (χ3v) is 4.81. The number of thiophene rings is 1. The lowest BCUT2D eigenvalue weighted by Crippen LogP contribution is -2.38. The first-order chi connectivity index (χ1) is 11.3. The zero-order chi connectivity index (χ0) is 16.1. The van der Waals surface area contributed by atoms with Crippen molar-refractivity contribution in [2.45, 2.75) is 32.4 Å². The third-order valence-electron chi connectivity index (χ3n) is 3.69. The maximum absolute atomic E-state index is 5.21. The van der Waals surface area contributed by atoms with Gasteiger partial charge in [0.05, 0.1) is 13.7 Å². The second kappa shape index (κ2) is 9.27.